The number of benzene rings is 1. The van der Waals surface area contributed by atoms with Gasteiger partial charge >= 0.3 is 0 Å². The fraction of sp³-hybridized carbons (Fsp3) is 0.647. The van der Waals surface area contributed by atoms with Crippen LogP contribution in [0.1, 0.15) is 51.1 Å². The van der Waals surface area contributed by atoms with Gasteiger partial charge < -0.3 is 5.32 Å². The van der Waals surface area contributed by atoms with Crippen molar-refractivity contribution in [3.05, 3.63) is 35.6 Å². The van der Waals surface area contributed by atoms with Gasteiger partial charge in [0.15, 0.2) is 0 Å². The van der Waals surface area contributed by atoms with E-state index in [2.05, 4.69) is 24.1 Å². The van der Waals surface area contributed by atoms with Crippen molar-refractivity contribution in [1.82, 2.24) is 10.2 Å². The molecule has 3 unspecified atom stereocenters. The Morgan fingerprint density at radius 2 is 2.10 bits per heavy atom. The maximum Gasteiger partial charge on any atom is 0.127 e. The Bertz CT molecular complexity index is 421. The van der Waals surface area contributed by atoms with Crippen molar-refractivity contribution >= 4 is 0 Å². The number of halogens is 1. The summed E-state index contributed by atoms with van der Waals surface area (Å²) in [6, 6.07) is 8.58. The summed E-state index contributed by atoms with van der Waals surface area (Å²) >= 11 is 0. The first-order chi connectivity index (χ1) is 9.67. The Hall–Kier alpha value is -0.930. The number of hydrogen-bond acceptors (Lipinski definition) is 2. The zero-order valence-electron chi connectivity index (χ0n) is 12.9. The zero-order chi connectivity index (χ0) is 14.5. The van der Waals surface area contributed by atoms with Gasteiger partial charge in [0, 0.05) is 30.2 Å². The molecule has 2 nitrogen and oxygen atoms in total. The normalized spacial score (nSPS) is 25.0. The SMILES string of the molecule is CCC1CCC(C)N1CCC(NC)c1ccccc1F. The number of hydrogen-bond donors (Lipinski definition) is 1. The molecule has 112 valence electrons. The first-order valence-corrected chi connectivity index (χ1v) is 7.84. The highest BCUT2D eigenvalue weighted by atomic mass is 19.1. The Morgan fingerprint density at radius 1 is 1.35 bits per heavy atom. The van der Waals surface area contributed by atoms with Crippen LogP contribution in [0, 0.1) is 5.82 Å². The lowest BCUT2D eigenvalue weighted by Crippen LogP contribution is -2.36. The standard InChI is InChI=1S/C17H27FN2/c1-4-14-10-9-13(2)20(14)12-11-17(19-3)15-7-5-6-8-16(15)18/h5-8,13-14,17,19H,4,9-12H2,1-3H3. The van der Waals surface area contributed by atoms with Crippen LogP contribution < -0.4 is 5.32 Å². The van der Waals surface area contributed by atoms with Gasteiger partial charge in [-0.25, -0.2) is 4.39 Å². The summed E-state index contributed by atoms with van der Waals surface area (Å²) in [5, 5.41) is 3.26. The highest BCUT2D eigenvalue weighted by Crippen LogP contribution is 2.28. The van der Waals surface area contributed by atoms with Crippen LogP contribution in [0.5, 0.6) is 0 Å². The van der Waals surface area contributed by atoms with E-state index in [-0.39, 0.29) is 11.9 Å². The van der Waals surface area contributed by atoms with Crippen molar-refractivity contribution in [2.45, 2.75) is 57.7 Å². The minimum absolute atomic E-state index is 0.0986. The second-order valence-electron chi connectivity index (χ2n) is 5.88. The van der Waals surface area contributed by atoms with Crippen LogP contribution in [-0.4, -0.2) is 30.6 Å². The quantitative estimate of drug-likeness (QED) is 0.853. The first kappa shape index (κ1) is 15.5. The molecule has 1 heterocycles. The van der Waals surface area contributed by atoms with Gasteiger partial charge in [0.1, 0.15) is 5.82 Å². The number of likely N-dealkylation sites (tertiary alicyclic amines) is 1. The number of nitrogens with one attached hydrogen (secondary N) is 1. The van der Waals surface area contributed by atoms with E-state index in [9.17, 15) is 4.39 Å². The molecule has 0 bridgehead atoms. The molecule has 0 saturated carbocycles. The van der Waals surface area contributed by atoms with Gasteiger partial charge in [0.2, 0.25) is 0 Å². The Kier molecular flexibility index (Phi) is 5.55. The minimum atomic E-state index is -0.103. The molecule has 2 rings (SSSR count). The topological polar surface area (TPSA) is 15.3 Å². The maximum absolute atomic E-state index is 13.9. The van der Waals surface area contributed by atoms with Crippen molar-refractivity contribution in [3.63, 3.8) is 0 Å². The maximum atomic E-state index is 13.9. The Labute approximate surface area is 122 Å². The van der Waals surface area contributed by atoms with Gasteiger partial charge in [0.25, 0.3) is 0 Å². The summed E-state index contributed by atoms with van der Waals surface area (Å²) in [6.07, 6.45) is 4.77. The highest BCUT2D eigenvalue weighted by molar-refractivity contribution is 5.21. The lowest BCUT2D eigenvalue weighted by Gasteiger charge is -2.29. The zero-order valence-corrected chi connectivity index (χ0v) is 12.9. The monoisotopic (exact) mass is 278 g/mol. The van der Waals surface area contributed by atoms with E-state index in [1.165, 1.54) is 19.3 Å². The Balaban J connectivity index is 1.99. The van der Waals surface area contributed by atoms with E-state index in [0.29, 0.717) is 12.1 Å². The predicted octanol–water partition coefficient (Wildman–Crippen LogP) is 3.74. The van der Waals surface area contributed by atoms with Gasteiger partial charge in [-0.15, -0.1) is 0 Å². The molecule has 1 aromatic carbocycles. The average molecular weight is 278 g/mol. The van der Waals surface area contributed by atoms with Crippen LogP contribution in [0.3, 0.4) is 0 Å². The van der Waals surface area contributed by atoms with E-state index in [0.717, 1.165) is 18.5 Å². The molecular formula is C17H27FN2. The summed E-state index contributed by atoms with van der Waals surface area (Å²) in [6.45, 7) is 5.62. The third-order valence-corrected chi connectivity index (χ3v) is 4.73. The Morgan fingerprint density at radius 3 is 2.75 bits per heavy atom. The van der Waals surface area contributed by atoms with Crippen LogP contribution in [-0.2, 0) is 0 Å². The molecule has 1 aliphatic heterocycles. The number of nitrogens with zero attached hydrogens (tertiary/aromatic N) is 1. The lowest BCUT2D eigenvalue weighted by atomic mass is 10.0. The molecule has 0 radical (unpaired) electrons. The van der Waals surface area contributed by atoms with Gasteiger partial charge in [-0.3, -0.25) is 4.90 Å². The predicted molar refractivity (Wildman–Crippen MR) is 82.3 cm³/mol. The van der Waals surface area contributed by atoms with Crippen molar-refractivity contribution in [2.24, 2.45) is 0 Å². The van der Waals surface area contributed by atoms with Crippen LogP contribution in [0.25, 0.3) is 0 Å². The van der Waals surface area contributed by atoms with E-state index in [1.807, 2.05) is 19.2 Å². The molecule has 0 aliphatic carbocycles. The lowest BCUT2D eigenvalue weighted by molar-refractivity contribution is 0.188. The molecule has 0 aromatic heterocycles. The van der Waals surface area contributed by atoms with Crippen LogP contribution in [0.15, 0.2) is 24.3 Å². The van der Waals surface area contributed by atoms with Crippen molar-refractivity contribution in [3.8, 4) is 0 Å². The molecule has 3 atom stereocenters. The molecule has 1 fully saturated rings. The second kappa shape index (κ2) is 7.19. The van der Waals surface area contributed by atoms with Gasteiger partial charge in [0.05, 0.1) is 0 Å². The van der Waals surface area contributed by atoms with Gasteiger partial charge in [-0.1, -0.05) is 25.1 Å². The molecule has 1 N–H and O–H groups in total. The van der Waals surface area contributed by atoms with Crippen LogP contribution in [0.2, 0.25) is 0 Å². The second-order valence-corrected chi connectivity index (χ2v) is 5.88. The molecule has 0 spiro atoms. The third kappa shape index (κ3) is 3.39. The van der Waals surface area contributed by atoms with Gasteiger partial charge in [-0.05, 0) is 45.7 Å². The van der Waals surface area contributed by atoms with E-state index in [4.69, 9.17) is 0 Å². The smallest absolute Gasteiger partial charge is 0.127 e. The molecule has 1 saturated heterocycles. The summed E-state index contributed by atoms with van der Waals surface area (Å²) in [7, 11) is 1.92. The highest BCUT2D eigenvalue weighted by Gasteiger charge is 2.29. The molecule has 20 heavy (non-hydrogen) atoms. The summed E-state index contributed by atoms with van der Waals surface area (Å²) in [5.41, 5.74) is 0.787. The fourth-order valence-electron chi connectivity index (χ4n) is 3.46. The van der Waals surface area contributed by atoms with E-state index >= 15 is 0 Å². The molecule has 3 heteroatoms. The van der Waals surface area contributed by atoms with E-state index < -0.39 is 0 Å². The summed E-state index contributed by atoms with van der Waals surface area (Å²) in [4.78, 5) is 2.60. The fourth-order valence-corrected chi connectivity index (χ4v) is 3.46. The molecule has 1 aliphatic rings. The largest absolute Gasteiger partial charge is 0.313 e. The van der Waals surface area contributed by atoms with E-state index in [1.54, 1.807) is 12.1 Å². The third-order valence-electron chi connectivity index (χ3n) is 4.73. The molecule has 0 amide bonds. The minimum Gasteiger partial charge on any atom is -0.313 e. The average Bonchev–Trinajstić information content (AvgIpc) is 2.82. The first-order valence-electron chi connectivity index (χ1n) is 7.84. The number of rotatable bonds is 6. The summed E-state index contributed by atoms with van der Waals surface area (Å²) in [5.74, 6) is -0.103. The van der Waals surface area contributed by atoms with Crippen molar-refractivity contribution in [1.29, 1.82) is 0 Å². The summed E-state index contributed by atoms with van der Waals surface area (Å²) < 4.78 is 13.9. The van der Waals surface area contributed by atoms with Crippen LogP contribution in [0.4, 0.5) is 4.39 Å². The van der Waals surface area contributed by atoms with Crippen molar-refractivity contribution < 1.29 is 4.39 Å². The van der Waals surface area contributed by atoms with Crippen molar-refractivity contribution in [2.75, 3.05) is 13.6 Å². The van der Waals surface area contributed by atoms with Crippen LogP contribution >= 0.6 is 0 Å². The molecular weight excluding hydrogens is 251 g/mol. The molecule has 1 aromatic rings. The van der Waals surface area contributed by atoms with Gasteiger partial charge in [-0.2, -0.15) is 0 Å².